The SMILES string of the molecule is O=C1NCC2CCOc3cc(OCc4ccccc4)cc1c32. The minimum Gasteiger partial charge on any atom is -0.493 e. The number of rotatable bonds is 3. The maximum atomic E-state index is 12.1. The third kappa shape index (κ3) is 2.30. The van der Waals surface area contributed by atoms with Crippen molar-refractivity contribution >= 4 is 5.91 Å². The lowest BCUT2D eigenvalue weighted by Crippen LogP contribution is -2.37. The van der Waals surface area contributed by atoms with Crippen LogP contribution in [-0.4, -0.2) is 19.1 Å². The molecule has 112 valence electrons. The highest BCUT2D eigenvalue weighted by atomic mass is 16.5. The number of ether oxygens (including phenoxy) is 2. The summed E-state index contributed by atoms with van der Waals surface area (Å²) in [4.78, 5) is 12.1. The van der Waals surface area contributed by atoms with Crippen LogP contribution in [-0.2, 0) is 6.61 Å². The zero-order valence-corrected chi connectivity index (χ0v) is 12.2. The molecule has 0 radical (unpaired) electrons. The first-order chi connectivity index (χ1) is 10.8. The van der Waals surface area contributed by atoms with Gasteiger partial charge in [-0.2, -0.15) is 0 Å². The smallest absolute Gasteiger partial charge is 0.251 e. The Morgan fingerprint density at radius 1 is 1.23 bits per heavy atom. The van der Waals surface area contributed by atoms with Crippen LogP contribution in [0.1, 0.15) is 33.8 Å². The second kappa shape index (κ2) is 5.37. The molecule has 0 aliphatic carbocycles. The summed E-state index contributed by atoms with van der Waals surface area (Å²) in [5.74, 6) is 1.80. The van der Waals surface area contributed by atoms with Gasteiger partial charge in [-0.25, -0.2) is 0 Å². The second-order valence-electron chi connectivity index (χ2n) is 5.70. The molecule has 0 aromatic heterocycles. The Kier molecular flexibility index (Phi) is 3.22. The van der Waals surface area contributed by atoms with Crippen LogP contribution in [0, 0.1) is 0 Å². The lowest BCUT2D eigenvalue weighted by Gasteiger charge is -2.32. The van der Waals surface area contributed by atoms with E-state index in [-0.39, 0.29) is 5.91 Å². The third-order valence-corrected chi connectivity index (χ3v) is 4.25. The Labute approximate surface area is 129 Å². The first-order valence-electron chi connectivity index (χ1n) is 7.57. The monoisotopic (exact) mass is 295 g/mol. The van der Waals surface area contributed by atoms with Gasteiger partial charge in [0.15, 0.2) is 0 Å². The van der Waals surface area contributed by atoms with Crippen molar-refractivity contribution < 1.29 is 14.3 Å². The minimum atomic E-state index is -0.0387. The number of hydrogen-bond acceptors (Lipinski definition) is 3. The van der Waals surface area contributed by atoms with Gasteiger partial charge in [-0.05, 0) is 18.1 Å². The van der Waals surface area contributed by atoms with E-state index in [1.54, 1.807) is 0 Å². The minimum absolute atomic E-state index is 0.0387. The van der Waals surface area contributed by atoms with E-state index >= 15 is 0 Å². The van der Waals surface area contributed by atoms with Crippen LogP contribution in [0.5, 0.6) is 11.5 Å². The summed E-state index contributed by atoms with van der Waals surface area (Å²) in [6, 6.07) is 13.7. The van der Waals surface area contributed by atoms with Gasteiger partial charge in [0.1, 0.15) is 18.1 Å². The summed E-state index contributed by atoms with van der Waals surface area (Å²) in [7, 11) is 0. The van der Waals surface area contributed by atoms with Gasteiger partial charge in [-0.1, -0.05) is 30.3 Å². The van der Waals surface area contributed by atoms with Crippen LogP contribution in [0.3, 0.4) is 0 Å². The van der Waals surface area contributed by atoms with Crippen molar-refractivity contribution in [2.24, 2.45) is 0 Å². The molecule has 2 aliphatic heterocycles. The fourth-order valence-electron chi connectivity index (χ4n) is 3.12. The Morgan fingerprint density at radius 3 is 2.95 bits per heavy atom. The van der Waals surface area contributed by atoms with Crippen molar-refractivity contribution in [1.82, 2.24) is 5.32 Å². The average molecular weight is 295 g/mol. The zero-order valence-electron chi connectivity index (χ0n) is 12.2. The normalized spacial score (nSPS) is 18.9. The standard InChI is InChI=1S/C18H17NO3/c20-18-15-8-14(22-11-12-4-2-1-3-5-12)9-16-17(15)13(10-19-18)6-7-21-16/h1-5,8-9,13H,6-7,10-11H2,(H,19,20). The molecule has 22 heavy (non-hydrogen) atoms. The molecule has 2 heterocycles. The van der Waals surface area contributed by atoms with Gasteiger partial charge in [0.2, 0.25) is 0 Å². The van der Waals surface area contributed by atoms with E-state index < -0.39 is 0 Å². The molecule has 2 aromatic rings. The van der Waals surface area contributed by atoms with Crippen LogP contribution in [0.15, 0.2) is 42.5 Å². The van der Waals surface area contributed by atoms with E-state index in [1.807, 2.05) is 42.5 Å². The third-order valence-electron chi connectivity index (χ3n) is 4.25. The number of nitrogens with one attached hydrogen (secondary N) is 1. The van der Waals surface area contributed by atoms with Crippen LogP contribution in [0.2, 0.25) is 0 Å². The second-order valence-corrected chi connectivity index (χ2v) is 5.70. The van der Waals surface area contributed by atoms with Crippen LogP contribution < -0.4 is 14.8 Å². The van der Waals surface area contributed by atoms with E-state index in [2.05, 4.69) is 5.32 Å². The van der Waals surface area contributed by atoms with Gasteiger partial charge in [-0.3, -0.25) is 4.79 Å². The lowest BCUT2D eigenvalue weighted by atomic mass is 9.86. The summed E-state index contributed by atoms with van der Waals surface area (Å²) in [5, 5.41) is 2.95. The van der Waals surface area contributed by atoms with Crippen molar-refractivity contribution in [1.29, 1.82) is 0 Å². The number of hydrogen-bond donors (Lipinski definition) is 1. The molecule has 4 heteroatoms. The fraction of sp³-hybridized carbons (Fsp3) is 0.278. The van der Waals surface area contributed by atoms with E-state index in [0.29, 0.717) is 37.0 Å². The van der Waals surface area contributed by atoms with E-state index in [9.17, 15) is 4.79 Å². The van der Waals surface area contributed by atoms with Crippen molar-refractivity contribution in [2.75, 3.05) is 13.2 Å². The summed E-state index contributed by atoms with van der Waals surface area (Å²) in [6.07, 6.45) is 0.949. The van der Waals surface area contributed by atoms with Crippen molar-refractivity contribution in [3.8, 4) is 11.5 Å². The highest BCUT2D eigenvalue weighted by Crippen LogP contribution is 2.40. The Balaban J connectivity index is 1.64. The Hall–Kier alpha value is -2.49. The molecular formula is C18H17NO3. The lowest BCUT2D eigenvalue weighted by molar-refractivity contribution is 0.0930. The number of carbonyl (C=O) groups excluding carboxylic acids is 1. The molecular weight excluding hydrogens is 278 g/mol. The number of benzene rings is 2. The quantitative estimate of drug-likeness (QED) is 0.947. The van der Waals surface area contributed by atoms with E-state index in [1.165, 1.54) is 0 Å². The fourth-order valence-corrected chi connectivity index (χ4v) is 3.12. The van der Waals surface area contributed by atoms with Gasteiger partial charge in [0, 0.05) is 24.1 Å². The molecule has 2 aromatic carbocycles. The molecule has 2 aliphatic rings. The number of amides is 1. The molecule has 0 bridgehead atoms. The van der Waals surface area contributed by atoms with Crippen LogP contribution in [0.4, 0.5) is 0 Å². The van der Waals surface area contributed by atoms with Gasteiger partial charge < -0.3 is 14.8 Å². The summed E-state index contributed by atoms with van der Waals surface area (Å²) >= 11 is 0. The predicted molar refractivity (Wildman–Crippen MR) is 82.4 cm³/mol. The predicted octanol–water partition coefficient (Wildman–Crippen LogP) is 2.88. The molecule has 0 fully saturated rings. The van der Waals surface area contributed by atoms with Crippen LogP contribution >= 0.6 is 0 Å². The molecule has 1 unspecified atom stereocenters. The maximum absolute atomic E-state index is 12.1. The largest absolute Gasteiger partial charge is 0.493 e. The van der Waals surface area contributed by atoms with Crippen molar-refractivity contribution in [3.05, 3.63) is 59.2 Å². The molecule has 1 atom stereocenters. The highest BCUT2D eigenvalue weighted by Gasteiger charge is 2.32. The van der Waals surface area contributed by atoms with E-state index in [4.69, 9.17) is 9.47 Å². The van der Waals surface area contributed by atoms with Gasteiger partial charge in [-0.15, -0.1) is 0 Å². The van der Waals surface area contributed by atoms with E-state index in [0.717, 1.165) is 23.3 Å². The van der Waals surface area contributed by atoms with Gasteiger partial charge >= 0.3 is 0 Å². The zero-order chi connectivity index (χ0) is 14.9. The van der Waals surface area contributed by atoms with Gasteiger partial charge in [0.25, 0.3) is 5.91 Å². The Morgan fingerprint density at radius 2 is 2.09 bits per heavy atom. The van der Waals surface area contributed by atoms with Crippen molar-refractivity contribution in [3.63, 3.8) is 0 Å². The molecule has 1 N–H and O–H groups in total. The topological polar surface area (TPSA) is 47.6 Å². The first kappa shape index (κ1) is 13.2. The number of carbonyl (C=O) groups is 1. The molecule has 0 saturated heterocycles. The average Bonchev–Trinajstić information content (AvgIpc) is 2.57. The molecule has 0 saturated carbocycles. The van der Waals surface area contributed by atoms with Gasteiger partial charge in [0.05, 0.1) is 12.2 Å². The van der Waals surface area contributed by atoms with Crippen molar-refractivity contribution in [2.45, 2.75) is 18.9 Å². The summed E-state index contributed by atoms with van der Waals surface area (Å²) < 4.78 is 11.6. The summed E-state index contributed by atoms with van der Waals surface area (Å²) in [6.45, 7) is 1.87. The molecule has 4 rings (SSSR count). The first-order valence-corrected chi connectivity index (χ1v) is 7.57. The maximum Gasteiger partial charge on any atom is 0.251 e. The molecule has 4 nitrogen and oxygen atoms in total. The Bertz CT molecular complexity index is 712. The summed E-state index contributed by atoms with van der Waals surface area (Å²) in [5.41, 5.74) is 2.83. The molecule has 0 spiro atoms. The van der Waals surface area contributed by atoms with Crippen LogP contribution in [0.25, 0.3) is 0 Å². The molecule has 1 amide bonds. The highest BCUT2D eigenvalue weighted by molar-refractivity contribution is 5.98.